The molecule has 6 aromatic rings. The van der Waals surface area contributed by atoms with Crippen molar-refractivity contribution in [2.75, 3.05) is 0 Å². The third-order valence-corrected chi connectivity index (χ3v) is 11.9. The minimum Gasteiger partial charge on any atom is -0.261 e. The maximum Gasteiger partial charge on any atom is 0.130 e. The molecule has 0 radical (unpaired) electrons. The van der Waals surface area contributed by atoms with Crippen molar-refractivity contribution in [3.63, 3.8) is 0 Å². The van der Waals surface area contributed by atoms with Crippen molar-refractivity contribution in [1.82, 2.24) is 45.1 Å². The number of rotatable bonds is 12. The molecule has 5 heterocycles. The molecule has 1 aromatic carbocycles. The van der Waals surface area contributed by atoms with Crippen LogP contribution in [0.5, 0.6) is 0 Å². The predicted molar refractivity (Wildman–Crippen MR) is 376 cm³/mol. The van der Waals surface area contributed by atoms with Gasteiger partial charge in [-0.3, -0.25) is 15.0 Å². The fourth-order valence-corrected chi connectivity index (χ4v) is 6.17. The van der Waals surface area contributed by atoms with Gasteiger partial charge in [-0.1, -0.05) is 280 Å². The largest absolute Gasteiger partial charge is 0.261 e. The molecular weight excluding hydrogens is 1030 g/mol. The van der Waals surface area contributed by atoms with Crippen LogP contribution in [-0.2, 0) is 0 Å². The third kappa shape index (κ3) is 41.7. The van der Waals surface area contributed by atoms with E-state index < -0.39 is 0 Å². The van der Waals surface area contributed by atoms with Gasteiger partial charge in [0, 0.05) is 60.9 Å². The van der Waals surface area contributed by atoms with Gasteiger partial charge in [-0.15, -0.1) is 0 Å². The van der Waals surface area contributed by atoms with Crippen LogP contribution in [0.1, 0.15) is 388 Å². The molecule has 0 spiro atoms. The van der Waals surface area contributed by atoms with E-state index in [0.717, 1.165) is 34.4 Å². The number of hydrogen-bond donors (Lipinski definition) is 0. The lowest BCUT2D eigenvalue weighted by atomic mass is 9.97. The molecule has 0 unspecified atom stereocenters. The Bertz CT molecular complexity index is 1680. The summed E-state index contributed by atoms with van der Waals surface area (Å²) in [6.07, 6.45) is 13.4. The molecule has 0 aliphatic carbocycles. The third-order valence-electron chi connectivity index (χ3n) is 11.9. The highest BCUT2D eigenvalue weighted by molar-refractivity contribution is 5.26. The van der Waals surface area contributed by atoms with Crippen LogP contribution in [-0.4, -0.2) is 45.1 Å². The summed E-state index contributed by atoms with van der Waals surface area (Å²) in [6.45, 7) is 75.6. The molecule has 0 aliphatic rings. The fourth-order valence-electron chi connectivity index (χ4n) is 6.17. The molecule has 0 N–H and O–H groups in total. The second-order valence-corrected chi connectivity index (χ2v) is 22.5. The molecular formula is C75H135N9. The molecule has 480 valence electrons. The summed E-state index contributed by atoms with van der Waals surface area (Å²) in [6, 6.07) is 17.4. The monoisotopic (exact) mass is 1160 g/mol. The summed E-state index contributed by atoms with van der Waals surface area (Å²) in [4.78, 5) is 30.2. The van der Waals surface area contributed by atoms with E-state index in [-0.39, 0.29) is 0 Å². The maximum absolute atomic E-state index is 4.40. The van der Waals surface area contributed by atoms with Crippen LogP contribution in [0.15, 0.2) is 91.9 Å². The highest BCUT2D eigenvalue weighted by atomic mass is 15.1. The van der Waals surface area contributed by atoms with E-state index in [1.807, 2.05) is 126 Å². The summed E-state index contributed by atoms with van der Waals surface area (Å²) in [5.74, 6) is 8.03. The van der Waals surface area contributed by atoms with Crippen LogP contribution in [0.25, 0.3) is 0 Å². The SMILES string of the molecule is CC.CC.CC.CC.CC.CC.CC(C)c1ccc(C(C)C)cc1.CC(C)c1ccc(C(C)C)nc1.CC(C)c1ccc(C(C)C)nn1.CC(C)c1cnc(C(C)C)cn1.CC(C)c1cnc(C(C)C)nc1.CC(C)c1cnc(C(C)C)nc1. The number of hydrogen-bond acceptors (Lipinski definition) is 9. The number of aromatic nitrogens is 9. The van der Waals surface area contributed by atoms with Gasteiger partial charge in [-0.2, -0.15) is 10.2 Å². The number of benzene rings is 1. The van der Waals surface area contributed by atoms with Gasteiger partial charge in [0.05, 0.1) is 22.8 Å². The Labute approximate surface area is 522 Å². The van der Waals surface area contributed by atoms with Gasteiger partial charge in [-0.25, -0.2) is 19.9 Å². The van der Waals surface area contributed by atoms with E-state index in [9.17, 15) is 0 Å². The zero-order valence-electron chi connectivity index (χ0n) is 61.6. The van der Waals surface area contributed by atoms with Crippen LogP contribution in [0.4, 0.5) is 0 Å². The van der Waals surface area contributed by atoms with E-state index in [1.54, 1.807) is 0 Å². The highest BCUT2D eigenvalue weighted by Crippen LogP contribution is 2.21. The Balaban J connectivity index is -0.000000209. The van der Waals surface area contributed by atoms with E-state index in [2.05, 4.69) is 260 Å². The van der Waals surface area contributed by atoms with Crippen molar-refractivity contribution in [2.45, 2.75) is 320 Å². The molecule has 9 nitrogen and oxygen atoms in total. The highest BCUT2D eigenvalue weighted by Gasteiger charge is 2.08. The van der Waals surface area contributed by atoms with Gasteiger partial charge in [0.15, 0.2) is 0 Å². The standard InChI is InChI=1S/C12H18.C11H17N.4C10H16N2.6C2H6/c1-9(2)11-5-7-12(8-6-11)10(3)4;1-8(2)10-5-6-11(9(3)4)12-7-10;1-7(2)9-5-12-10(6-11-9)8(3)4;2*1-7(2)9-5-11-10(8(3)4)12-6-9;1-7(2)9-5-6-10(8(3)4)12-11-9;6*1-2/h5-10H,1-4H3;5-9H,1-4H3;4*5-8H,1-4H3;6*1-2H3. The van der Waals surface area contributed by atoms with E-state index in [4.69, 9.17) is 0 Å². The molecule has 0 amide bonds. The van der Waals surface area contributed by atoms with Crippen molar-refractivity contribution in [1.29, 1.82) is 0 Å². The molecule has 0 saturated heterocycles. The Morgan fingerprint density at radius 1 is 0.179 bits per heavy atom. The van der Waals surface area contributed by atoms with Gasteiger partial charge in [0.2, 0.25) is 0 Å². The van der Waals surface area contributed by atoms with Crippen molar-refractivity contribution >= 4 is 0 Å². The first-order valence-electron chi connectivity index (χ1n) is 33.0. The summed E-state index contributed by atoms with van der Waals surface area (Å²) in [5.41, 5.74) is 12.1. The summed E-state index contributed by atoms with van der Waals surface area (Å²) in [5, 5.41) is 8.30. The molecule has 6 rings (SSSR count). The molecule has 0 saturated carbocycles. The van der Waals surface area contributed by atoms with Crippen LogP contribution in [0.3, 0.4) is 0 Å². The Morgan fingerprint density at radius 2 is 0.381 bits per heavy atom. The Kier molecular flexibility index (Phi) is 59.4. The van der Waals surface area contributed by atoms with Gasteiger partial charge < -0.3 is 0 Å². The van der Waals surface area contributed by atoms with E-state index in [0.29, 0.717) is 71.0 Å². The lowest BCUT2D eigenvalue weighted by Gasteiger charge is -2.08. The molecule has 9 heteroatoms. The molecule has 0 atom stereocenters. The summed E-state index contributed by atoms with van der Waals surface area (Å²) < 4.78 is 0. The number of nitrogens with zero attached hydrogens (tertiary/aromatic N) is 9. The van der Waals surface area contributed by atoms with E-state index >= 15 is 0 Å². The second-order valence-electron chi connectivity index (χ2n) is 22.5. The lowest BCUT2D eigenvalue weighted by molar-refractivity contribution is 0.733. The zero-order valence-corrected chi connectivity index (χ0v) is 61.6. The van der Waals surface area contributed by atoms with Crippen LogP contribution < -0.4 is 0 Å². The van der Waals surface area contributed by atoms with Crippen molar-refractivity contribution in [3.05, 3.63) is 160 Å². The smallest absolute Gasteiger partial charge is 0.130 e. The molecule has 84 heavy (non-hydrogen) atoms. The Morgan fingerprint density at radius 3 is 0.548 bits per heavy atom. The Hall–Kier alpha value is -5.31. The predicted octanol–water partition coefficient (Wildman–Crippen LogP) is 24.3. The van der Waals surface area contributed by atoms with Gasteiger partial charge in [0.25, 0.3) is 0 Å². The lowest BCUT2D eigenvalue weighted by Crippen LogP contribution is -1.99. The number of pyridine rings is 1. The molecule has 0 aliphatic heterocycles. The van der Waals surface area contributed by atoms with Gasteiger partial charge in [0.1, 0.15) is 11.6 Å². The quantitative estimate of drug-likeness (QED) is 0.118. The molecule has 0 fully saturated rings. The van der Waals surface area contributed by atoms with Crippen molar-refractivity contribution in [2.24, 2.45) is 0 Å². The summed E-state index contributed by atoms with van der Waals surface area (Å²) in [7, 11) is 0. The minimum atomic E-state index is 0.422. The first kappa shape index (κ1) is 89.9. The average Bonchev–Trinajstić information content (AvgIpc) is 3.51. The first-order valence-corrected chi connectivity index (χ1v) is 33.0. The molecule has 0 bridgehead atoms. The van der Waals surface area contributed by atoms with Crippen LogP contribution in [0.2, 0.25) is 0 Å². The fraction of sp³-hybridized carbons (Fsp3) is 0.640. The van der Waals surface area contributed by atoms with Crippen molar-refractivity contribution < 1.29 is 0 Å². The topological polar surface area (TPSA) is 116 Å². The zero-order chi connectivity index (χ0) is 66.8. The molecule has 5 aromatic heterocycles. The summed E-state index contributed by atoms with van der Waals surface area (Å²) >= 11 is 0. The van der Waals surface area contributed by atoms with Crippen LogP contribution >= 0.6 is 0 Å². The first-order chi connectivity index (χ1) is 39.7. The van der Waals surface area contributed by atoms with E-state index in [1.165, 1.54) is 33.5 Å². The van der Waals surface area contributed by atoms with Gasteiger partial charge in [-0.05, 0) is 105 Å². The normalized spacial score (nSPS) is 10.0. The average molecular weight is 1160 g/mol. The van der Waals surface area contributed by atoms with Crippen molar-refractivity contribution in [3.8, 4) is 0 Å². The minimum absolute atomic E-state index is 0.422. The second kappa shape index (κ2) is 55.6. The van der Waals surface area contributed by atoms with Crippen LogP contribution in [0, 0.1) is 0 Å². The van der Waals surface area contributed by atoms with Gasteiger partial charge >= 0.3 is 0 Å². The maximum atomic E-state index is 4.40.